The van der Waals surface area contributed by atoms with E-state index in [9.17, 15) is 4.57 Å². The molecule has 0 radical (unpaired) electrons. The van der Waals surface area contributed by atoms with Crippen LogP contribution in [0, 0.1) is 0 Å². The van der Waals surface area contributed by atoms with E-state index in [0.29, 0.717) is 0 Å². The van der Waals surface area contributed by atoms with Crippen LogP contribution in [0.1, 0.15) is 13.3 Å². The second-order valence-electron chi connectivity index (χ2n) is 1.71. The first-order valence-electron chi connectivity index (χ1n) is 2.32. The SMILES string of the molecule is CCCP(C)(=O)Br. The van der Waals surface area contributed by atoms with Crippen molar-refractivity contribution in [3.8, 4) is 0 Å². The Labute approximate surface area is 52.6 Å². The number of rotatable bonds is 2. The molecule has 0 aliphatic carbocycles. The fraction of sp³-hybridized carbons (Fsp3) is 1.00. The number of hydrogen-bond donors (Lipinski definition) is 0. The molecule has 0 spiro atoms. The molecule has 0 N–H and O–H groups in total. The van der Waals surface area contributed by atoms with Gasteiger partial charge in [0.05, 0.1) is 0 Å². The highest BCUT2D eigenvalue weighted by Gasteiger charge is 2.04. The maximum absolute atomic E-state index is 10.7. The average Bonchev–Trinajstić information content (AvgIpc) is 1.30. The van der Waals surface area contributed by atoms with E-state index in [2.05, 4.69) is 15.5 Å². The Morgan fingerprint density at radius 3 is 2.14 bits per heavy atom. The molecule has 0 saturated heterocycles. The van der Waals surface area contributed by atoms with Crippen molar-refractivity contribution in [2.24, 2.45) is 0 Å². The Morgan fingerprint density at radius 2 is 2.14 bits per heavy atom. The third kappa shape index (κ3) is 6.71. The summed E-state index contributed by atoms with van der Waals surface area (Å²) in [4.78, 5) is 0. The van der Waals surface area contributed by atoms with Crippen LogP contribution in [0.3, 0.4) is 0 Å². The first-order valence-corrected chi connectivity index (χ1v) is 6.68. The fourth-order valence-corrected chi connectivity index (χ4v) is 2.26. The predicted molar refractivity (Wildman–Crippen MR) is 37.6 cm³/mol. The van der Waals surface area contributed by atoms with Gasteiger partial charge in [0.15, 0.2) is 0 Å². The molecular weight excluding hydrogens is 175 g/mol. The van der Waals surface area contributed by atoms with Crippen molar-refractivity contribution in [3.05, 3.63) is 0 Å². The summed E-state index contributed by atoms with van der Waals surface area (Å²) in [5, 5.41) is 0. The van der Waals surface area contributed by atoms with Crippen molar-refractivity contribution in [2.45, 2.75) is 13.3 Å². The second kappa shape index (κ2) is 2.88. The van der Waals surface area contributed by atoms with Crippen LogP contribution in [0.15, 0.2) is 0 Å². The van der Waals surface area contributed by atoms with Gasteiger partial charge < -0.3 is 4.57 Å². The van der Waals surface area contributed by atoms with Crippen molar-refractivity contribution in [3.63, 3.8) is 0 Å². The largest absolute Gasteiger partial charge is 0.312 e. The first kappa shape index (κ1) is 7.71. The van der Waals surface area contributed by atoms with Crippen LogP contribution >= 0.6 is 21.3 Å². The molecule has 0 fully saturated rings. The minimum atomic E-state index is -1.85. The van der Waals surface area contributed by atoms with E-state index in [4.69, 9.17) is 0 Å². The minimum Gasteiger partial charge on any atom is -0.312 e. The Balaban J connectivity index is 3.36. The quantitative estimate of drug-likeness (QED) is 0.604. The molecule has 0 aliphatic rings. The summed E-state index contributed by atoms with van der Waals surface area (Å²) in [5.41, 5.74) is 0. The van der Waals surface area contributed by atoms with E-state index < -0.39 is 5.84 Å². The Kier molecular flexibility index (Phi) is 3.18. The van der Waals surface area contributed by atoms with Gasteiger partial charge in [0.1, 0.15) is 5.84 Å². The lowest BCUT2D eigenvalue weighted by Crippen LogP contribution is -1.74. The first-order chi connectivity index (χ1) is 3.06. The Morgan fingerprint density at radius 1 is 1.71 bits per heavy atom. The fourth-order valence-electron chi connectivity index (χ4n) is 0.399. The van der Waals surface area contributed by atoms with E-state index in [1.54, 1.807) is 6.66 Å². The molecular formula is C4H10BrOP. The van der Waals surface area contributed by atoms with Gasteiger partial charge in [-0.3, -0.25) is 0 Å². The van der Waals surface area contributed by atoms with Crippen LogP contribution in [-0.2, 0) is 4.57 Å². The lowest BCUT2D eigenvalue weighted by molar-refractivity contribution is 0.588. The smallest absolute Gasteiger partial charge is 0.145 e. The molecule has 1 nitrogen and oxygen atoms in total. The maximum atomic E-state index is 10.7. The Bertz CT molecular complexity index is 85.7. The van der Waals surface area contributed by atoms with Crippen LogP contribution in [0.2, 0.25) is 0 Å². The van der Waals surface area contributed by atoms with Crippen LogP contribution in [0.25, 0.3) is 0 Å². The zero-order valence-corrected chi connectivity index (χ0v) is 7.13. The molecule has 0 saturated carbocycles. The molecule has 0 aliphatic heterocycles. The van der Waals surface area contributed by atoms with Crippen LogP contribution in [0.5, 0.6) is 0 Å². The highest BCUT2D eigenvalue weighted by atomic mass is 79.9. The van der Waals surface area contributed by atoms with Gasteiger partial charge >= 0.3 is 0 Å². The number of hydrogen-bond acceptors (Lipinski definition) is 1. The molecule has 0 aromatic rings. The summed E-state index contributed by atoms with van der Waals surface area (Å²) in [6, 6.07) is 0. The van der Waals surface area contributed by atoms with Gasteiger partial charge in [-0.05, 0) is 28.6 Å². The molecule has 0 amide bonds. The van der Waals surface area contributed by atoms with E-state index >= 15 is 0 Å². The highest BCUT2D eigenvalue weighted by molar-refractivity contribution is 9.40. The zero-order chi connectivity index (χ0) is 5.91. The normalized spacial score (nSPS) is 18.7. The molecule has 3 heteroatoms. The monoisotopic (exact) mass is 184 g/mol. The summed E-state index contributed by atoms with van der Waals surface area (Å²) in [6.45, 7) is 3.77. The minimum absolute atomic E-state index is 0.812. The van der Waals surface area contributed by atoms with Gasteiger partial charge in [-0.25, -0.2) is 0 Å². The molecule has 0 aromatic heterocycles. The summed E-state index contributed by atoms with van der Waals surface area (Å²) >= 11 is 3.09. The molecule has 1 atom stereocenters. The van der Waals surface area contributed by atoms with Gasteiger partial charge in [0, 0.05) is 6.16 Å². The van der Waals surface area contributed by atoms with Crippen LogP contribution in [0.4, 0.5) is 0 Å². The van der Waals surface area contributed by atoms with Gasteiger partial charge in [-0.15, -0.1) is 0 Å². The summed E-state index contributed by atoms with van der Waals surface area (Å²) in [6.07, 6.45) is 1.81. The van der Waals surface area contributed by atoms with E-state index in [0.717, 1.165) is 12.6 Å². The van der Waals surface area contributed by atoms with Gasteiger partial charge in [-0.2, -0.15) is 0 Å². The summed E-state index contributed by atoms with van der Waals surface area (Å²) in [7, 11) is 0. The van der Waals surface area contributed by atoms with Crippen molar-refractivity contribution >= 4 is 21.3 Å². The molecule has 44 valence electrons. The second-order valence-corrected chi connectivity index (χ2v) is 8.63. The summed E-state index contributed by atoms with van der Waals surface area (Å²) in [5.74, 6) is -1.85. The van der Waals surface area contributed by atoms with E-state index in [1.807, 2.05) is 6.92 Å². The standard InChI is InChI=1S/C4H10BrOP/c1-3-4-7(2,5)6/h3-4H2,1-2H3. The van der Waals surface area contributed by atoms with E-state index in [1.165, 1.54) is 0 Å². The van der Waals surface area contributed by atoms with Gasteiger partial charge in [-0.1, -0.05) is 6.92 Å². The summed E-state index contributed by atoms with van der Waals surface area (Å²) < 4.78 is 10.7. The van der Waals surface area contributed by atoms with Crippen LogP contribution < -0.4 is 0 Å². The van der Waals surface area contributed by atoms with Crippen molar-refractivity contribution < 1.29 is 4.57 Å². The molecule has 0 rings (SSSR count). The third-order valence-electron chi connectivity index (χ3n) is 0.623. The van der Waals surface area contributed by atoms with Crippen molar-refractivity contribution in [1.29, 1.82) is 0 Å². The van der Waals surface area contributed by atoms with Gasteiger partial charge in [0.2, 0.25) is 0 Å². The molecule has 0 bridgehead atoms. The maximum Gasteiger partial charge on any atom is 0.145 e. The number of halogens is 1. The topological polar surface area (TPSA) is 17.1 Å². The van der Waals surface area contributed by atoms with Crippen molar-refractivity contribution in [1.82, 2.24) is 0 Å². The average molecular weight is 185 g/mol. The Hall–Kier alpha value is 0.710. The van der Waals surface area contributed by atoms with E-state index in [-0.39, 0.29) is 0 Å². The van der Waals surface area contributed by atoms with Crippen LogP contribution in [-0.4, -0.2) is 12.8 Å². The van der Waals surface area contributed by atoms with Gasteiger partial charge in [0.25, 0.3) is 0 Å². The highest BCUT2D eigenvalue weighted by Crippen LogP contribution is 2.49. The van der Waals surface area contributed by atoms with Crippen molar-refractivity contribution in [2.75, 3.05) is 12.8 Å². The molecule has 1 unspecified atom stereocenters. The zero-order valence-electron chi connectivity index (χ0n) is 4.65. The molecule has 0 heterocycles. The third-order valence-corrected chi connectivity index (χ3v) is 2.93. The lowest BCUT2D eigenvalue weighted by Gasteiger charge is -1.97. The lowest BCUT2D eigenvalue weighted by atomic mass is 10.6. The molecule has 7 heavy (non-hydrogen) atoms. The molecule has 0 aromatic carbocycles. The predicted octanol–water partition coefficient (Wildman–Crippen LogP) is 2.70.